The fourth-order valence-corrected chi connectivity index (χ4v) is 2.07. The Morgan fingerprint density at radius 1 is 1.53 bits per heavy atom. The van der Waals surface area contributed by atoms with Crippen molar-refractivity contribution in [2.75, 3.05) is 38.2 Å². The molecule has 4 heteroatoms. The molecule has 1 N–H and O–H groups in total. The summed E-state index contributed by atoms with van der Waals surface area (Å²) in [5.74, 6) is 0.978. The largest absolute Gasteiger partial charge is 0.490 e. The van der Waals surface area contributed by atoms with Crippen molar-refractivity contribution < 1.29 is 4.74 Å². The van der Waals surface area contributed by atoms with Crippen LogP contribution in [0.3, 0.4) is 0 Å². The van der Waals surface area contributed by atoms with Gasteiger partial charge < -0.3 is 15.0 Å². The number of nitrogens with zero attached hydrogens (tertiary/aromatic N) is 1. The maximum Gasteiger partial charge on any atom is 0.143 e. The number of likely N-dealkylation sites (N-methyl/N-ethyl adjacent to an activating group) is 1. The number of benzene rings is 1. The van der Waals surface area contributed by atoms with E-state index in [2.05, 4.69) is 38.3 Å². The molecule has 1 aliphatic rings. The third-order valence-electron chi connectivity index (χ3n) is 2.51. The number of hydrogen-bond donors (Lipinski definition) is 1. The van der Waals surface area contributed by atoms with Gasteiger partial charge in [0, 0.05) is 17.6 Å². The van der Waals surface area contributed by atoms with Crippen LogP contribution in [0.4, 0.5) is 5.69 Å². The van der Waals surface area contributed by atoms with E-state index in [0.29, 0.717) is 0 Å². The smallest absolute Gasteiger partial charge is 0.143 e. The van der Waals surface area contributed by atoms with Crippen molar-refractivity contribution in [1.29, 1.82) is 0 Å². The molecule has 0 atom stereocenters. The van der Waals surface area contributed by atoms with E-state index in [4.69, 9.17) is 4.74 Å². The molecule has 15 heavy (non-hydrogen) atoms. The molecule has 0 unspecified atom stereocenters. The molecule has 0 aromatic heterocycles. The van der Waals surface area contributed by atoms with Crippen LogP contribution in [0.25, 0.3) is 0 Å². The van der Waals surface area contributed by atoms with Gasteiger partial charge in [0.15, 0.2) is 0 Å². The van der Waals surface area contributed by atoms with E-state index in [0.717, 1.165) is 36.5 Å². The second-order valence-electron chi connectivity index (χ2n) is 3.55. The number of anilines is 1. The lowest BCUT2D eigenvalue weighted by Crippen LogP contribution is -2.37. The summed E-state index contributed by atoms with van der Waals surface area (Å²) < 4.78 is 6.69. The number of ether oxygens (including phenoxy) is 1. The Morgan fingerprint density at radius 3 is 3.20 bits per heavy atom. The summed E-state index contributed by atoms with van der Waals surface area (Å²) in [6.45, 7) is 3.76. The lowest BCUT2D eigenvalue weighted by Gasteiger charge is -2.31. The Morgan fingerprint density at radius 2 is 2.40 bits per heavy atom. The first kappa shape index (κ1) is 10.8. The maximum atomic E-state index is 5.62. The molecule has 0 saturated carbocycles. The number of hydrogen-bond acceptors (Lipinski definition) is 3. The summed E-state index contributed by atoms with van der Waals surface area (Å²) in [4.78, 5) is 2.35. The predicted octanol–water partition coefficient (Wildman–Crippen LogP) is 1.87. The van der Waals surface area contributed by atoms with Gasteiger partial charge in [0.2, 0.25) is 0 Å². The monoisotopic (exact) mass is 270 g/mol. The van der Waals surface area contributed by atoms with Gasteiger partial charge in [-0.3, -0.25) is 0 Å². The first-order valence-corrected chi connectivity index (χ1v) is 5.92. The van der Waals surface area contributed by atoms with Crippen molar-refractivity contribution in [3.8, 4) is 5.75 Å². The van der Waals surface area contributed by atoms with E-state index in [-0.39, 0.29) is 0 Å². The fraction of sp³-hybridized carbons (Fsp3) is 0.455. The zero-order chi connectivity index (χ0) is 10.7. The van der Waals surface area contributed by atoms with Gasteiger partial charge >= 0.3 is 0 Å². The minimum absolute atomic E-state index is 0.771. The lowest BCUT2D eigenvalue weighted by atomic mass is 10.2. The highest BCUT2D eigenvalue weighted by atomic mass is 79.9. The van der Waals surface area contributed by atoms with Crippen LogP contribution in [0, 0.1) is 0 Å². The molecule has 0 fully saturated rings. The second-order valence-corrected chi connectivity index (χ2v) is 4.47. The SMILES string of the molecule is CNCCN1CCOc2cc(Br)ccc21. The molecule has 1 aromatic carbocycles. The molecule has 82 valence electrons. The van der Waals surface area contributed by atoms with Gasteiger partial charge in [0.25, 0.3) is 0 Å². The first-order valence-electron chi connectivity index (χ1n) is 5.13. The van der Waals surface area contributed by atoms with Crippen molar-refractivity contribution in [2.45, 2.75) is 0 Å². The molecule has 3 nitrogen and oxygen atoms in total. The molecule has 0 amide bonds. The Labute approximate surface area is 98.5 Å². The molecule has 2 rings (SSSR count). The third kappa shape index (κ3) is 2.44. The number of nitrogens with one attached hydrogen (secondary N) is 1. The number of fused-ring (bicyclic) bond motifs is 1. The molecule has 1 aliphatic heterocycles. The Hall–Kier alpha value is -0.740. The summed E-state index contributed by atoms with van der Waals surface area (Å²) in [5, 5.41) is 3.17. The van der Waals surface area contributed by atoms with Gasteiger partial charge in [-0.25, -0.2) is 0 Å². The van der Waals surface area contributed by atoms with Gasteiger partial charge in [-0.1, -0.05) is 15.9 Å². The van der Waals surface area contributed by atoms with Crippen molar-refractivity contribution in [3.05, 3.63) is 22.7 Å². The normalized spacial score (nSPS) is 14.7. The van der Waals surface area contributed by atoms with Gasteiger partial charge in [0.05, 0.1) is 12.2 Å². The van der Waals surface area contributed by atoms with Crippen molar-refractivity contribution in [2.24, 2.45) is 0 Å². The van der Waals surface area contributed by atoms with Crippen LogP contribution in [0.2, 0.25) is 0 Å². The average Bonchev–Trinajstić information content (AvgIpc) is 2.25. The van der Waals surface area contributed by atoms with E-state index in [9.17, 15) is 0 Å². The molecular weight excluding hydrogens is 256 g/mol. The van der Waals surface area contributed by atoms with Crippen molar-refractivity contribution in [1.82, 2.24) is 5.32 Å². The van der Waals surface area contributed by atoms with Crippen LogP contribution in [-0.2, 0) is 0 Å². The average molecular weight is 271 g/mol. The highest BCUT2D eigenvalue weighted by Crippen LogP contribution is 2.33. The molecule has 0 spiro atoms. The van der Waals surface area contributed by atoms with Gasteiger partial charge in [-0.05, 0) is 25.2 Å². The van der Waals surface area contributed by atoms with Crippen LogP contribution < -0.4 is 15.0 Å². The number of halogens is 1. The molecule has 1 aromatic rings. The van der Waals surface area contributed by atoms with Crippen LogP contribution in [0.15, 0.2) is 22.7 Å². The molecule has 0 aliphatic carbocycles. The lowest BCUT2D eigenvalue weighted by molar-refractivity contribution is 0.307. The van der Waals surface area contributed by atoms with Crippen molar-refractivity contribution in [3.63, 3.8) is 0 Å². The maximum absolute atomic E-state index is 5.62. The highest BCUT2D eigenvalue weighted by molar-refractivity contribution is 9.10. The fourth-order valence-electron chi connectivity index (χ4n) is 1.73. The van der Waals surface area contributed by atoms with E-state index < -0.39 is 0 Å². The summed E-state index contributed by atoms with van der Waals surface area (Å²) in [6, 6.07) is 6.19. The zero-order valence-corrected chi connectivity index (χ0v) is 10.4. The molecular formula is C11H15BrN2O. The van der Waals surface area contributed by atoms with Crippen LogP contribution >= 0.6 is 15.9 Å². The highest BCUT2D eigenvalue weighted by Gasteiger charge is 2.17. The van der Waals surface area contributed by atoms with E-state index >= 15 is 0 Å². The van der Waals surface area contributed by atoms with Crippen LogP contribution in [-0.4, -0.2) is 33.3 Å². The first-order chi connectivity index (χ1) is 7.31. The molecule has 0 bridgehead atoms. The minimum Gasteiger partial charge on any atom is -0.490 e. The Balaban J connectivity index is 2.18. The molecule has 1 heterocycles. The molecule has 0 radical (unpaired) electrons. The van der Waals surface area contributed by atoms with Gasteiger partial charge in [-0.2, -0.15) is 0 Å². The second kappa shape index (κ2) is 4.86. The van der Waals surface area contributed by atoms with Crippen LogP contribution in [0.1, 0.15) is 0 Å². The summed E-state index contributed by atoms with van der Waals surface area (Å²) in [6.07, 6.45) is 0. The molecule has 0 saturated heterocycles. The van der Waals surface area contributed by atoms with E-state index in [1.807, 2.05) is 13.1 Å². The van der Waals surface area contributed by atoms with Crippen LogP contribution in [0.5, 0.6) is 5.75 Å². The minimum atomic E-state index is 0.771. The van der Waals surface area contributed by atoms with Gasteiger partial charge in [0.1, 0.15) is 12.4 Å². The van der Waals surface area contributed by atoms with E-state index in [1.165, 1.54) is 5.69 Å². The Bertz CT molecular complexity index is 343. The quantitative estimate of drug-likeness (QED) is 0.908. The summed E-state index contributed by atoms with van der Waals surface area (Å²) in [7, 11) is 1.98. The topological polar surface area (TPSA) is 24.5 Å². The van der Waals surface area contributed by atoms with Gasteiger partial charge in [-0.15, -0.1) is 0 Å². The summed E-state index contributed by atoms with van der Waals surface area (Å²) >= 11 is 3.45. The third-order valence-corrected chi connectivity index (χ3v) is 3.01. The summed E-state index contributed by atoms with van der Waals surface area (Å²) in [5.41, 5.74) is 1.19. The van der Waals surface area contributed by atoms with E-state index in [1.54, 1.807) is 0 Å². The Kier molecular flexibility index (Phi) is 3.49. The predicted molar refractivity (Wildman–Crippen MR) is 65.8 cm³/mol. The standard InChI is InChI=1S/C11H15BrN2O/c1-13-4-5-14-6-7-15-11-8-9(12)2-3-10(11)14/h2-3,8,13H,4-7H2,1H3. The number of rotatable bonds is 3. The zero-order valence-electron chi connectivity index (χ0n) is 8.79. The van der Waals surface area contributed by atoms with Crippen molar-refractivity contribution >= 4 is 21.6 Å².